The molecule has 9 heteroatoms. The Morgan fingerprint density at radius 3 is 2.83 bits per heavy atom. The van der Waals surface area contributed by atoms with Crippen molar-refractivity contribution in [3.63, 3.8) is 0 Å². The normalized spacial score (nSPS) is 12.3. The van der Waals surface area contributed by atoms with E-state index in [1.54, 1.807) is 6.07 Å². The molecule has 0 saturated heterocycles. The van der Waals surface area contributed by atoms with Crippen molar-refractivity contribution in [2.45, 2.75) is 18.1 Å². The highest BCUT2D eigenvalue weighted by molar-refractivity contribution is 7.98. The molecule has 1 amide bonds. The number of nitrogens with one attached hydrogen (secondary N) is 3. The third-order valence-electron chi connectivity index (χ3n) is 3.51. The van der Waals surface area contributed by atoms with Crippen LogP contribution >= 0.6 is 23.4 Å². The van der Waals surface area contributed by atoms with Gasteiger partial charge in [-0.3, -0.25) is 4.79 Å². The predicted molar refractivity (Wildman–Crippen MR) is 93.6 cm³/mol. The molecule has 7 nitrogen and oxygen atoms in total. The number of thioether (sulfide) groups is 1. The van der Waals surface area contributed by atoms with E-state index in [1.165, 1.54) is 18.0 Å². The maximum absolute atomic E-state index is 12.4. The second kappa shape index (κ2) is 6.66. The fourth-order valence-corrected chi connectivity index (χ4v) is 2.79. The minimum atomic E-state index is -0.382. The monoisotopic (exact) mass is 363 g/mol. The Bertz CT molecular complexity index is 968. The molecule has 0 radical (unpaired) electrons. The van der Waals surface area contributed by atoms with Gasteiger partial charge in [0.05, 0.1) is 28.3 Å². The van der Waals surface area contributed by atoms with Gasteiger partial charge in [-0.1, -0.05) is 29.4 Å². The van der Waals surface area contributed by atoms with Gasteiger partial charge < -0.3 is 15.3 Å². The highest BCUT2D eigenvalue weighted by atomic mass is 35.5. The van der Waals surface area contributed by atoms with E-state index in [0.717, 1.165) is 5.56 Å². The van der Waals surface area contributed by atoms with Crippen molar-refractivity contribution in [2.24, 2.45) is 0 Å². The number of hydrogen-bond acceptors (Lipinski definition) is 5. The first kappa shape index (κ1) is 16.5. The molecule has 1 atom stereocenters. The molecular weight excluding hydrogens is 350 g/mol. The summed E-state index contributed by atoms with van der Waals surface area (Å²) in [4.78, 5) is 37.3. The first-order chi connectivity index (χ1) is 11.5. The molecule has 2 aromatic heterocycles. The van der Waals surface area contributed by atoms with Crippen molar-refractivity contribution in [2.75, 3.05) is 6.26 Å². The summed E-state index contributed by atoms with van der Waals surface area (Å²) in [5, 5.41) is 3.52. The van der Waals surface area contributed by atoms with Crippen LogP contribution in [0, 0.1) is 0 Å². The molecule has 0 aliphatic heterocycles. The molecule has 3 N–H and O–H groups in total. The second-order valence-electron chi connectivity index (χ2n) is 5.13. The van der Waals surface area contributed by atoms with Crippen LogP contribution in [0.2, 0.25) is 5.02 Å². The molecule has 0 aliphatic carbocycles. The van der Waals surface area contributed by atoms with Gasteiger partial charge in [0.2, 0.25) is 0 Å². The lowest BCUT2D eigenvalue weighted by Gasteiger charge is -2.14. The number of hydrogen-bond donors (Lipinski definition) is 3. The molecule has 124 valence electrons. The summed E-state index contributed by atoms with van der Waals surface area (Å²) in [5.74, 6) is -0.382. The number of carbonyl (C=O) groups is 1. The van der Waals surface area contributed by atoms with Gasteiger partial charge in [0.1, 0.15) is 0 Å². The van der Waals surface area contributed by atoms with Gasteiger partial charge >= 0.3 is 5.69 Å². The van der Waals surface area contributed by atoms with E-state index in [1.807, 2.05) is 25.3 Å². The van der Waals surface area contributed by atoms with Gasteiger partial charge in [-0.25, -0.2) is 14.8 Å². The zero-order valence-electron chi connectivity index (χ0n) is 12.9. The van der Waals surface area contributed by atoms with Crippen LogP contribution in [0.1, 0.15) is 29.0 Å². The summed E-state index contributed by atoms with van der Waals surface area (Å²) in [7, 11) is 0. The maximum Gasteiger partial charge on any atom is 0.323 e. The lowest BCUT2D eigenvalue weighted by molar-refractivity contribution is 0.0934. The van der Waals surface area contributed by atoms with Crippen LogP contribution in [0.15, 0.2) is 34.3 Å². The Balaban J connectivity index is 1.83. The van der Waals surface area contributed by atoms with Crippen LogP contribution in [0.5, 0.6) is 0 Å². The number of imidazole rings is 1. The second-order valence-corrected chi connectivity index (χ2v) is 6.31. The fraction of sp³-hybridized carbons (Fsp3) is 0.200. The molecule has 3 aromatic rings. The number of amides is 1. The van der Waals surface area contributed by atoms with Crippen molar-refractivity contribution < 1.29 is 4.79 Å². The first-order valence-electron chi connectivity index (χ1n) is 7.07. The van der Waals surface area contributed by atoms with E-state index in [-0.39, 0.29) is 28.4 Å². The molecule has 0 saturated carbocycles. The summed E-state index contributed by atoms with van der Waals surface area (Å²) in [6.45, 7) is 1.84. The maximum atomic E-state index is 12.4. The van der Waals surface area contributed by atoms with E-state index in [2.05, 4.69) is 25.3 Å². The SMILES string of the molecule is CSc1ncc(Cl)c(C(=O)N[C@@H](C)c2ccc3[nH]c(=O)[nH]c3c2)n1. The zero-order valence-corrected chi connectivity index (χ0v) is 14.5. The number of halogens is 1. The van der Waals surface area contributed by atoms with Crippen LogP contribution in [-0.4, -0.2) is 32.1 Å². The van der Waals surface area contributed by atoms with Crippen LogP contribution in [0.4, 0.5) is 0 Å². The summed E-state index contributed by atoms with van der Waals surface area (Å²) in [6, 6.07) is 5.15. The van der Waals surface area contributed by atoms with Crippen LogP contribution in [0.25, 0.3) is 11.0 Å². The largest absolute Gasteiger partial charge is 0.344 e. The Morgan fingerprint density at radius 1 is 1.33 bits per heavy atom. The molecule has 0 fully saturated rings. The fourth-order valence-electron chi connectivity index (χ4n) is 2.28. The van der Waals surface area contributed by atoms with Crippen molar-refractivity contribution >= 4 is 40.3 Å². The number of nitrogens with zero attached hydrogens (tertiary/aromatic N) is 2. The van der Waals surface area contributed by atoms with E-state index >= 15 is 0 Å². The van der Waals surface area contributed by atoms with Crippen LogP contribution < -0.4 is 11.0 Å². The number of H-pyrrole nitrogens is 2. The van der Waals surface area contributed by atoms with E-state index in [0.29, 0.717) is 16.2 Å². The first-order valence-corrected chi connectivity index (χ1v) is 8.67. The number of rotatable bonds is 4. The van der Waals surface area contributed by atoms with Crippen LogP contribution in [-0.2, 0) is 0 Å². The standard InChI is InChI=1S/C15H14ClN5O2S/c1-7(8-3-4-10-11(5-8)20-14(23)19-10)18-13(22)12-9(16)6-17-15(21-12)24-2/h3-7H,1-2H3,(H,18,22)(H2,19,20,23)/t7-/m0/s1. The van der Waals surface area contributed by atoms with E-state index in [4.69, 9.17) is 11.6 Å². The average molecular weight is 364 g/mol. The predicted octanol–water partition coefficient (Wildman–Crippen LogP) is 2.51. The van der Waals surface area contributed by atoms with Crippen molar-refractivity contribution in [1.29, 1.82) is 0 Å². The van der Waals surface area contributed by atoms with Gasteiger partial charge in [-0.15, -0.1) is 0 Å². The number of aromatic nitrogens is 4. The molecule has 0 unspecified atom stereocenters. The number of carbonyl (C=O) groups excluding carboxylic acids is 1. The minimum Gasteiger partial charge on any atom is -0.344 e. The quantitative estimate of drug-likeness (QED) is 0.488. The van der Waals surface area contributed by atoms with Gasteiger partial charge in [-0.2, -0.15) is 0 Å². The molecule has 1 aromatic carbocycles. The Kier molecular flexibility index (Phi) is 4.59. The lowest BCUT2D eigenvalue weighted by atomic mass is 10.1. The van der Waals surface area contributed by atoms with Gasteiger partial charge in [0.25, 0.3) is 5.91 Å². The highest BCUT2D eigenvalue weighted by Crippen LogP contribution is 2.20. The molecule has 0 bridgehead atoms. The van der Waals surface area contributed by atoms with E-state index < -0.39 is 0 Å². The topological polar surface area (TPSA) is 104 Å². The molecule has 0 aliphatic rings. The average Bonchev–Trinajstić information content (AvgIpc) is 2.94. The smallest absolute Gasteiger partial charge is 0.323 e. The molecular formula is C15H14ClN5O2S. The number of benzene rings is 1. The summed E-state index contributed by atoms with van der Waals surface area (Å²) in [6.07, 6.45) is 3.23. The lowest BCUT2D eigenvalue weighted by Crippen LogP contribution is -2.28. The number of aromatic amines is 2. The Labute approximate surface area is 146 Å². The van der Waals surface area contributed by atoms with E-state index in [9.17, 15) is 9.59 Å². The Morgan fingerprint density at radius 2 is 2.08 bits per heavy atom. The molecule has 0 spiro atoms. The summed E-state index contributed by atoms with van der Waals surface area (Å²) in [5.41, 5.74) is 2.12. The van der Waals surface area contributed by atoms with Crippen LogP contribution in [0.3, 0.4) is 0 Å². The van der Waals surface area contributed by atoms with Gasteiger partial charge in [-0.05, 0) is 30.9 Å². The molecule has 24 heavy (non-hydrogen) atoms. The zero-order chi connectivity index (χ0) is 17.3. The summed E-state index contributed by atoms with van der Waals surface area (Å²) >= 11 is 7.35. The minimum absolute atomic E-state index is 0.138. The third-order valence-corrected chi connectivity index (χ3v) is 4.35. The summed E-state index contributed by atoms with van der Waals surface area (Å²) < 4.78 is 0. The van der Waals surface area contributed by atoms with Gasteiger partial charge in [0.15, 0.2) is 10.9 Å². The van der Waals surface area contributed by atoms with Crippen molar-refractivity contribution in [1.82, 2.24) is 25.3 Å². The Hall–Kier alpha value is -2.32. The van der Waals surface area contributed by atoms with Crippen molar-refractivity contribution in [3.8, 4) is 0 Å². The molecule has 3 rings (SSSR count). The number of fused-ring (bicyclic) bond motifs is 1. The van der Waals surface area contributed by atoms with Gasteiger partial charge in [0, 0.05) is 0 Å². The molecule has 2 heterocycles. The highest BCUT2D eigenvalue weighted by Gasteiger charge is 2.17. The van der Waals surface area contributed by atoms with Crippen molar-refractivity contribution in [3.05, 3.63) is 51.2 Å². The third kappa shape index (κ3) is 3.29.